The minimum atomic E-state index is 0.590. The zero-order valence-electron chi connectivity index (χ0n) is 9.51. The van der Waals surface area contributed by atoms with Gasteiger partial charge >= 0.3 is 0 Å². The number of aryl methyl sites for hydroxylation is 2. The van der Waals surface area contributed by atoms with E-state index in [4.69, 9.17) is 5.26 Å². The number of benzene rings is 1. The molecule has 0 bridgehead atoms. The van der Waals surface area contributed by atoms with Crippen molar-refractivity contribution >= 4 is 0 Å². The largest absolute Gasteiger partial charge is 0.315 e. The van der Waals surface area contributed by atoms with Crippen molar-refractivity contribution in [1.82, 2.24) is 5.32 Å². The van der Waals surface area contributed by atoms with Crippen LogP contribution in [0.5, 0.6) is 0 Å². The summed E-state index contributed by atoms with van der Waals surface area (Å²) in [6, 6.07) is 8.70. The molecule has 2 heteroatoms. The highest BCUT2D eigenvalue weighted by Crippen LogP contribution is 2.09. The van der Waals surface area contributed by atoms with Crippen LogP contribution >= 0.6 is 0 Å². The molecule has 0 saturated heterocycles. The standard InChI is InChI=1S/C13H18N2/c1-11-4-5-13(10-12(11)2)6-9-15-8-3-7-14/h4-5,10,15H,3,6,8-9H2,1-2H3. The van der Waals surface area contributed by atoms with Crippen LogP contribution in [0.1, 0.15) is 23.1 Å². The molecule has 0 fully saturated rings. The Hall–Kier alpha value is -1.33. The Kier molecular flexibility index (Phi) is 4.86. The van der Waals surface area contributed by atoms with E-state index in [9.17, 15) is 0 Å². The van der Waals surface area contributed by atoms with Crippen molar-refractivity contribution in [3.8, 4) is 6.07 Å². The third kappa shape index (κ3) is 4.14. The van der Waals surface area contributed by atoms with Gasteiger partial charge in [0.15, 0.2) is 0 Å². The van der Waals surface area contributed by atoms with Crippen LogP contribution in [0.2, 0.25) is 0 Å². The molecule has 80 valence electrons. The highest BCUT2D eigenvalue weighted by atomic mass is 14.8. The van der Waals surface area contributed by atoms with E-state index < -0.39 is 0 Å². The lowest BCUT2D eigenvalue weighted by atomic mass is 10.0. The van der Waals surface area contributed by atoms with Crippen molar-refractivity contribution in [2.45, 2.75) is 26.7 Å². The van der Waals surface area contributed by atoms with Gasteiger partial charge in [-0.3, -0.25) is 0 Å². The second-order valence-corrected chi connectivity index (χ2v) is 3.83. The SMILES string of the molecule is Cc1ccc(CCNCCC#N)cc1C. The Morgan fingerprint density at radius 2 is 2.00 bits per heavy atom. The van der Waals surface area contributed by atoms with Crippen molar-refractivity contribution in [1.29, 1.82) is 5.26 Å². The van der Waals surface area contributed by atoms with E-state index in [0.29, 0.717) is 6.42 Å². The summed E-state index contributed by atoms with van der Waals surface area (Å²) in [6.07, 6.45) is 1.62. The van der Waals surface area contributed by atoms with E-state index in [-0.39, 0.29) is 0 Å². The van der Waals surface area contributed by atoms with Gasteiger partial charge in [-0.2, -0.15) is 5.26 Å². The fourth-order valence-electron chi connectivity index (χ4n) is 1.46. The van der Waals surface area contributed by atoms with Gasteiger partial charge < -0.3 is 5.32 Å². The van der Waals surface area contributed by atoms with Crippen molar-refractivity contribution in [2.24, 2.45) is 0 Å². The minimum absolute atomic E-state index is 0.590. The van der Waals surface area contributed by atoms with Crippen LogP contribution in [0.3, 0.4) is 0 Å². The first kappa shape index (κ1) is 11.7. The van der Waals surface area contributed by atoms with E-state index in [0.717, 1.165) is 19.5 Å². The molecule has 0 spiro atoms. The van der Waals surface area contributed by atoms with Gasteiger partial charge in [0.2, 0.25) is 0 Å². The van der Waals surface area contributed by atoms with Gasteiger partial charge in [-0.15, -0.1) is 0 Å². The van der Waals surface area contributed by atoms with Crippen LogP contribution in [0, 0.1) is 25.2 Å². The van der Waals surface area contributed by atoms with E-state index in [1.54, 1.807) is 0 Å². The minimum Gasteiger partial charge on any atom is -0.315 e. The monoisotopic (exact) mass is 202 g/mol. The average Bonchev–Trinajstić information content (AvgIpc) is 2.23. The van der Waals surface area contributed by atoms with Crippen LogP contribution < -0.4 is 5.32 Å². The lowest BCUT2D eigenvalue weighted by Crippen LogP contribution is -2.18. The van der Waals surface area contributed by atoms with Gasteiger partial charge in [-0.05, 0) is 43.5 Å². The fraction of sp³-hybridized carbons (Fsp3) is 0.462. The Morgan fingerprint density at radius 1 is 1.20 bits per heavy atom. The molecule has 1 N–H and O–H groups in total. The molecule has 0 amide bonds. The highest BCUT2D eigenvalue weighted by molar-refractivity contribution is 5.29. The maximum absolute atomic E-state index is 8.36. The Balaban J connectivity index is 2.32. The molecule has 15 heavy (non-hydrogen) atoms. The van der Waals surface area contributed by atoms with Crippen LogP contribution in [-0.2, 0) is 6.42 Å². The first-order valence-electron chi connectivity index (χ1n) is 5.38. The molecule has 1 aromatic rings. The van der Waals surface area contributed by atoms with Gasteiger partial charge in [0.05, 0.1) is 6.07 Å². The molecule has 0 unspecified atom stereocenters. The summed E-state index contributed by atoms with van der Waals surface area (Å²) in [4.78, 5) is 0. The Labute approximate surface area is 91.9 Å². The molecule has 0 aromatic heterocycles. The number of hydrogen-bond donors (Lipinski definition) is 1. The van der Waals surface area contributed by atoms with Gasteiger partial charge in [-0.25, -0.2) is 0 Å². The van der Waals surface area contributed by atoms with Crippen LogP contribution in [0.25, 0.3) is 0 Å². The number of nitrogens with zero attached hydrogens (tertiary/aromatic N) is 1. The summed E-state index contributed by atoms with van der Waals surface area (Å²) in [6.45, 7) is 6.01. The maximum atomic E-state index is 8.36. The lowest BCUT2D eigenvalue weighted by Gasteiger charge is -2.05. The zero-order valence-corrected chi connectivity index (χ0v) is 9.51. The quantitative estimate of drug-likeness (QED) is 0.744. The van der Waals surface area contributed by atoms with Crippen molar-refractivity contribution in [3.63, 3.8) is 0 Å². The first-order valence-corrected chi connectivity index (χ1v) is 5.38. The molecule has 0 saturated carbocycles. The second kappa shape index (κ2) is 6.21. The number of nitriles is 1. The number of hydrogen-bond acceptors (Lipinski definition) is 2. The zero-order chi connectivity index (χ0) is 11.1. The van der Waals surface area contributed by atoms with E-state index in [2.05, 4.69) is 43.4 Å². The number of nitrogens with one attached hydrogen (secondary N) is 1. The normalized spacial score (nSPS) is 9.93. The summed E-state index contributed by atoms with van der Waals surface area (Å²) in [7, 11) is 0. The predicted octanol–water partition coefficient (Wildman–Crippen LogP) is 2.35. The molecule has 0 radical (unpaired) electrons. The van der Waals surface area contributed by atoms with Gasteiger partial charge in [0.25, 0.3) is 0 Å². The van der Waals surface area contributed by atoms with Gasteiger partial charge in [-0.1, -0.05) is 18.2 Å². The third-order valence-electron chi connectivity index (χ3n) is 2.58. The average molecular weight is 202 g/mol. The number of rotatable bonds is 5. The van der Waals surface area contributed by atoms with E-state index in [1.807, 2.05) is 0 Å². The molecule has 0 atom stereocenters. The lowest BCUT2D eigenvalue weighted by molar-refractivity contribution is 0.692. The van der Waals surface area contributed by atoms with E-state index >= 15 is 0 Å². The van der Waals surface area contributed by atoms with Crippen LogP contribution in [0.4, 0.5) is 0 Å². The molecular formula is C13H18N2. The summed E-state index contributed by atoms with van der Waals surface area (Å²) in [5, 5.41) is 11.6. The van der Waals surface area contributed by atoms with Crippen LogP contribution in [-0.4, -0.2) is 13.1 Å². The molecule has 1 aromatic carbocycles. The van der Waals surface area contributed by atoms with E-state index in [1.165, 1.54) is 16.7 Å². The van der Waals surface area contributed by atoms with Crippen LogP contribution in [0.15, 0.2) is 18.2 Å². The molecule has 1 rings (SSSR count). The van der Waals surface area contributed by atoms with Gasteiger partial charge in [0.1, 0.15) is 0 Å². The topological polar surface area (TPSA) is 35.8 Å². The Morgan fingerprint density at radius 3 is 2.67 bits per heavy atom. The molecular weight excluding hydrogens is 184 g/mol. The molecule has 2 nitrogen and oxygen atoms in total. The summed E-state index contributed by atoms with van der Waals surface area (Å²) < 4.78 is 0. The Bertz CT molecular complexity index is 350. The third-order valence-corrected chi connectivity index (χ3v) is 2.58. The maximum Gasteiger partial charge on any atom is 0.0635 e. The predicted molar refractivity (Wildman–Crippen MR) is 62.7 cm³/mol. The van der Waals surface area contributed by atoms with Crippen molar-refractivity contribution < 1.29 is 0 Å². The highest BCUT2D eigenvalue weighted by Gasteiger charge is 1.96. The molecule has 0 heterocycles. The van der Waals surface area contributed by atoms with Crippen molar-refractivity contribution in [3.05, 3.63) is 34.9 Å². The smallest absolute Gasteiger partial charge is 0.0635 e. The molecule has 0 aliphatic carbocycles. The van der Waals surface area contributed by atoms with Gasteiger partial charge in [0, 0.05) is 13.0 Å². The fourth-order valence-corrected chi connectivity index (χ4v) is 1.46. The summed E-state index contributed by atoms with van der Waals surface area (Å²) in [5.74, 6) is 0. The second-order valence-electron chi connectivity index (χ2n) is 3.83. The molecule has 0 aliphatic rings. The first-order chi connectivity index (χ1) is 7.24. The summed E-state index contributed by atoms with van der Waals surface area (Å²) in [5.41, 5.74) is 4.06. The molecule has 0 aliphatic heterocycles. The summed E-state index contributed by atoms with van der Waals surface area (Å²) >= 11 is 0. The van der Waals surface area contributed by atoms with Crippen molar-refractivity contribution in [2.75, 3.05) is 13.1 Å².